The highest BCUT2D eigenvalue weighted by Crippen LogP contribution is 2.39. The third kappa shape index (κ3) is 5.02. The molecule has 2 saturated heterocycles. The van der Waals surface area contributed by atoms with Gasteiger partial charge in [-0.25, -0.2) is 0 Å². The van der Waals surface area contributed by atoms with E-state index < -0.39 is 17.7 Å². The Morgan fingerprint density at radius 3 is 2.30 bits per heavy atom. The summed E-state index contributed by atoms with van der Waals surface area (Å²) in [4.78, 5) is 30.2. The molecule has 0 bridgehead atoms. The topological polar surface area (TPSA) is 70.1 Å². The highest BCUT2D eigenvalue weighted by Gasteiger charge is 2.45. The van der Waals surface area contributed by atoms with Crippen LogP contribution in [0.25, 0.3) is 5.76 Å². The zero-order chi connectivity index (χ0) is 23.4. The predicted molar refractivity (Wildman–Crippen MR) is 128 cm³/mol. The van der Waals surface area contributed by atoms with Crippen LogP contribution in [-0.2, 0) is 20.7 Å². The van der Waals surface area contributed by atoms with E-state index in [-0.39, 0.29) is 11.3 Å². The number of Topliss-reactive ketones (excluding diaryl/α,β-unsaturated/α-hetero) is 1. The van der Waals surface area contributed by atoms with E-state index in [4.69, 9.17) is 4.74 Å². The van der Waals surface area contributed by atoms with Gasteiger partial charge >= 0.3 is 0 Å². The Hall–Kier alpha value is -2.96. The molecule has 2 aromatic rings. The molecule has 2 aliphatic rings. The highest BCUT2D eigenvalue weighted by molar-refractivity contribution is 6.46. The zero-order valence-electron chi connectivity index (χ0n) is 19.4. The number of hydrogen-bond donors (Lipinski definition) is 1. The lowest BCUT2D eigenvalue weighted by molar-refractivity contribution is -0.140. The van der Waals surface area contributed by atoms with E-state index in [1.54, 1.807) is 17.0 Å². The van der Waals surface area contributed by atoms with Gasteiger partial charge in [-0.05, 0) is 30.9 Å². The van der Waals surface area contributed by atoms with Crippen molar-refractivity contribution in [1.82, 2.24) is 9.80 Å². The number of aliphatic hydroxyl groups is 1. The number of amides is 1. The summed E-state index contributed by atoms with van der Waals surface area (Å²) in [5.74, 6) is -1.28. The molecule has 0 saturated carbocycles. The van der Waals surface area contributed by atoms with Crippen LogP contribution in [-0.4, -0.2) is 66.0 Å². The lowest BCUT2D eigenvalue weighted by Gasteiger charge is -2.29. The lowest BCUT2D eigenvalue weighted by Crippen LogP contribution is -2.38. The van der Waals surface area contributed by atoms with Crippen LogP contribution in [0.5, 0.6) is 0 Å². The van der Waals surface area contributed by atoms with Gasteiger partial charge in [-0.2, -0.15) is 0 Å². The molecular formula is C27H32N2O4. The summed E-state index contributed by atoms with van der Waals surface area (Å²) in [5.41, 5.74) is 3.79. The number of likely N-dealkylation sites (tertiary alicyclic amines) is 1. The van der Waals surface area contributed by atoms with Crippen LogP contribution in [0.15, 0.2) is 54.1 Å². The van der Waals surface area contributed by atoms with Gasteiger partial charge < -0.3 is 14.7 Å². The Labute approximate surface area is 195 Å². The van der Waals surface area contributed by atoms with Gasteiger partial charge in [0.1, 0.15) is 5.76 Å². The monoisotopic (exact) mass is 448 g/mol. The van der Waals surface area contributed by atoms with Crippen molar-refractivity contribution in [2.24, 2.45) is 0 Å². The van der Waals surface area contributed by atoms with E-state index in [9.17, 15) is 14.7 Å². The summed E-state index contributed by atoms with van der Waals surface area (Å²) in [6.45, 7) is 8.56. The van der Waals surface area contributed by atoms with Crippen molar-refractivity contribution in [3.05, 3.63) is 76.4 Å². The SMILES string of the molecule is CCc1ccc([C@H]2C(=C(O)c3ccc(C)cc3)C(=O)C(=O)N2CCCN2CCOCC2)cc1. The largest absolute Gasteiger partial charge is 0.507 e. The molecule has 6 heteroatoms. The summed E-state index contributed by atoms with van der Waals surface area (Å²) < 4.78 is 5.41. The first-order chi connectivity index (χ1) is 16.0. The van der Waals surface area contributed by atoms with Gasteiger partial charge in [0.05, 0.1) is 24.8 Å². The van der Waals surface area contributed by atoms with Gasteiger partial charge in [-0.1, -0.05) is 61.0 Å². The number of carbonyl (C=O) groups is 2. The first-order valence-corrected chi connectivity index (χ1v) is 11.7. The maximum atomic E-state index is 13.1. The maximum absolute atomic E-state index is 13.1. The second kappa shape index (κ2) is 10.3. The fourth-order valence-electron chi connectivity index (χ4n) is 4.55. The molecule has 2 fully saturated rings. The van der Waals surface area contributed by atoms with E-state index in [2.05, 4.69) is 11.8 Å². The van der Waals surface area contributed by atoms with Crippen molar-refractivity contribution in [3.8, 4) is 0 Å². The van der Waals surface area contributed by atoms with Crippen molar-refractivity contribution >= 4 is 17.4 Å². The van der Waals surface area contributed by atoms with Gasteiger partial charge in [0, 0.05) is 31.7 Å². The fourth-order valence-corrected chi connectivity index (χ4v) is 4.55. The third-order valence-corrected chi connectivity index (χ3v) is 6.55. The third-order valence-electron chi connectivity index (χ3n) is 6.55. The number of benzene rings is 2. The Bertz CT molecular complexity index is 1020. The molecule has 2 aromatic carbocycles. The summed E-state index contributed by atoms with van der Waals surface area (Å²) in [6, 6.07) is 14.7. The molecule has 1 amide bonds. The van der Waals surface area contributed by atoms with Crippen molar-refractivity contribution < 1.29 is 19.4 Å². The summed E-state index contributed by atoms with van der Waals surface area (Å²) >= 11 is 0. The second-order valence-electron chi connectivity index (χ2n) is 8.76. The van der Waals surface area contributed by atoms with Gasteiger partial charge in [0.25, 0.3) is 11.7 Å². The number of ether oxygens (including phenoxy) is 1. The number of carbonyl (C=O) groups excluding carboxylic acids is 2. The molecule has 0 unspecified atom stereocenters. The van der Waals surface area contributed by atoms with Crippen LogP contribution in [0, 0.1) is 6.92 Å². The number of aryl methyl sites for hydroxylation is 2. The smallest absolute Gasteiger partial charge is 0.295 e. The van der Waals surface area contributed by atoms with Crippen molar-refractivity contribution in [3.63, 3.8) is 0 Å². The van der Waals surface area contributed by atoms with E-state index >= 15 is 0 Å². The van der Waals surface area contributed by atoms with Crippen LogP contribution in [0.1, 0.15) is 41.6 Å². The normalized spacial score (nSPS) is 21.0. The van der Waals surface area contributed by atoms with Gasteiger partial charge in [0.2, 0.25) is 0 Å². The molecule has 2 aliphatic heterocycles. The Kier molecular flexibility index (Phi) is 7.26. The van der Waals surface area contributed by atoms with E-state index in [1.165, 1.54) is 5.56 Å². The Morgan fingerprint density at radius 1 is 1.00 bits per heavy atom. The first kappa shape index (κ1) is 23.2. The lowest BCUT2D eigenvalue weighted by atomic mass is 9.94. The Balaban J connectivity index is 1.66. The van der Waals surface area contributed by atoms with E-state index in [0.29, 0.717) is 12.1 Å². The Morgan fingerprint density at radius 2 is 1.67 bits per heavy atom. The van der Waals surface area contributed by atoms with Gasteiger partial charge in [0.15, 0.2) is 0 Å². The maximum Gasteiger partial charge on any atom is 0.295 e. The molecule has 33 heavy (non-hydrogen) atoms. The van der Waals surface area contributed by atoms with E-state index in [1.807, 2.05) is 43.3 Å². The average molecular weight is 449 g/mol. The van der Waals surface area contributed by atoms with Gasteiger partial charge in [-0.3, -0.25) is 14.5 Å². The quantitative estimate of drug-likeness (QED) is 0.397. The number of nitrogens with zero attached hydrogens (tertiary/aromatic N) is 2. The minimum atomic E-state index is -0.621. The fraction of sp³-hybridized carbons (Fsp3) is 0.407. The molecule has 0 aliphatic carbocycles. The number of morpholine rings is 1. The molecule has 6 nitrogen and oxygen atoms in total. The number of hydrogen-bond acceptors (Lipinski definition) is 5. The highest BCUT2D eigenvalue weighted by atomic mass is 16.5. The molecule has 174 valence electrons. The molecule has 1 N–H and O–H groups in total. The minimum Gasteiger partial charge on any atom is -0.507 e. The van der Waals surface area contributed by atoms with Crippen molar-refractivity contribution in [1.29, 1.82) is 0 Å². The van der Waals surface area contributed by atoms with Crippen LogP contribution >= 0.6 is 0 Å². The number of aliphatic hydroxyl groups excluding tert-OH is 1. The summed E-state index contributed by atoms with van der Waals surface area (Å²) in [5, 5.41) is 11.1. The summed E-state index contributed by atoms with van der Waals surface area (Å²) in [7, 11) is 0. The van der Waals surface area contributed by atoms with Crippen LogP contribution in [0.2, 0.25) is 0 Å². The molecular weight excluding hydrogens is 416 g/mol. The minimum absolute atomic E-state index is 0.117. The van der Waals surface area contributed by atoms with E-state index in [0.717, 1.165) is 56.8 Å². The van der Waals surface area contributed by atoms with Crippen molar-refractivity contribution in [2.75, 3.05) is 39.4 Å². The zero-order valence-corrected chi connectivity index (χ0v) is 19.4. The number of ketones is 1. The predicted octanol–water partition coefficient (Wildman–Crippen LogP) is 3.70. The standard InChI is InChI=1S/C27H32N2O4/c1-3-20-7-11-21(12-8-20)24-23(25(30)22-9-5-19(2)6-10-22)26(31)27(32)29(24)14-4-13-28-15-17-33-18-16-28/h5-12,24,30H,3-4,13-18H2,1-2H3/t24-/m0/s1. The number of rotatable bonds is 7. The summed E-state index contributed by atoms with van der Waals surface area (Å²) in [6.07, 6.45) is 1.66. The van der Waals surface area contributed by atoms with Crippen LogP contribution < -0.4 is 0 Å². The first-order valence-electron chi connectivity index (χ1n) is 11.7. The van der Waals surface area contributed by atoms with Crippen LogP contribution in [0.4, 0.5) is 0 Å². The molecule has 0 aromatic heterocycles. The molecule has 4 rings (SSSR count). The molecule has 2 heterocycles. The molecule has 0 spiro atoms. The van der Waals surface area contributed by atoms with Gasteiger partial charge in [-0.15, -0.1) is 0 Å². The average Bonchev–Trinajstić information content (AvgIpc) is 3.10. The second-order valence-corrected chi connectivity index (χ2v) is 8.76. The van der Waals surface area contributed by atoms with Crippen molar-refractivity contribution in [2.45, 2.75) is 32.7 Å². The molecule has 1 atom stereocenters. The van der Waals surface area contributed by atoms with Crippen LogP contribution in [0.3, 0.4) is 0 Å². The molecule has 0 radical (unpaired) electrons.